The molecule has 0 bridgehead atoms. The van der Waals surface area contributed by atoms with Gasteiger partial charge in [0.25, 0.3) is 0 Å². The third-order valence-electron chi connectivity index (χ3n) is 1.41. The Morgan fingerprint density at radius 3 is 1.85 bits per heavy atom. The van der Waals surface area contributed by atoms with Crippen LogP contribution in [0.5, 0.6) is 0 Å². The van der Waals surface area contributed by atoms with Gasteiger partial charge in [0.15, 0.2) is 0 Å². The van der Waals surface area contributed by atoms with Crippen LogP contribution in [-0.2, 0) is 23.9 Å². The second kappa shape index (κ2) is 16.0. The molecular weight excluding hydrogens is 285 g/mol. The molecule has 0 aromatic carbocycles. The van der Waals surface area contributed by atoms with Crippen LogP contribution in [0, 0.1) is 0 Å². The fraction of sp³-hybridized carbons (Fsp3) is 0.556. The fourth-order valence-corrected chi connectivity index (χ4v) is 0.604. The minimum absolute atomic E-state index is 0. The van der Waals surface area contributed by atoms with Crippen molar-refractivity contribution < 1.29 is 34.1 Å². The summed E-state index contributed by atoms with van der Waals surface area (Å²) in [6.45, 7) is 0.896. The van der Waals surface area contributed by atoms with Gasteiger partial charge in [-0.1, -0.05) is 0 Å². The number of carboxylic acid groups (broad SMARTS) is 2. The summed E-state index contributed by atoms with van der Waals surface area (Å²) in [5.74, 6) is -3.52. The Kier molecular flexibility index (Phi) is 21.9. The number of nitrogens with two attached hydrogens (primary N) is 2. The number of carbonyl (C=O) groups is 4. The van der Waals surface area contributed by atoms with Crippen LogP contribution < -0.4 is 17.6 Å². The maximum absolute atomic E-state index is 10.1. The Balaban J connectivity index is -0.000000119. The van der Waals surface area contributed by atoms with E-state index in [4.69, 9.17) is 21.7 Å². The van der Waals surface area contributed by atoms with Gasteiger partial charge in [0.2, 0.25) is 0 Å². The molecule has 0 spiro atoms. The zero-order valence-corrected chi connectivity index (χ0v) is 10.5. The topological polar surface area (TPSA) is 205 Å². The van der Waals surface area contributed by atoms with Gasteiger partial charge in [-0.3, -0.25) is 19.2 Å². The van der Waals surface area contributed by atoms with Crippen LogP contribution in [0.2, 0.25) is 0 Å². The van der Waals surface area contributed by atoms with E-state index in [0.29, 0.717) is 0 Å². The number of esters is 2. The number of carbonyl (C=O) groups excluding carboxylic acids is 2. The van der Waals surface area contributed by atoms with Crippen LogP contribution in [0.15, 0.2) is 0 Å². The van der Waals surface area contributed by atoms with Crippen molar-refractivity contribution >= 4 is 53.4 Å². The van der Waals surface area contributed by atoms with Crippen molar-refractivity contribution in [3.05, 3.63) is 0 Å². The predicted octanol–water partition coefficient (Wildman–Crippen LogP) is -2.19. The number of hydrogen-bond acceptors (Lipinski definition) is 8. The number of carboxylic acids is 2. The molecule has 0 aromatic rings. The zero-order chi connectivity index (χ0) is 14.7. The van der Waals surface area contributed by atoms with E-state index in [2.05, 4.69) is 4.74 Å². The summed E-state index contributed by atoms with van der Waals surface area (Å²) < 4.78 is 4.00. The number of ether oxygens (including phenoxy) is 1. The monoisotopic (exact) mass is 305 g/mol. The number of hydrogen-bond donors (Lipinski definition) is 5. The molecule has 0 aliphatic carbocycles. The average molecular weight is 305 g/mol. The Labute approximate surface area is 137 Å². The van der Waals surface area contributed by atoms with Crippen LogP contribution >= 0.6 is 0 Å². The summed E-state index contributed by atoms with van der Waals surface area (Å²) in [7, 11) is 0. The molecule has 11 heteroatoms. The molecule has 0 aliphatic rings. The molecule has 0 rings (SSSR count). The van der Waals surface area contributed by atoms with E-state index >= 15 is 0 Å². The van der Waals surface area contributed by atoms with Gasteiger partial charge >= 0.3 is 53.4 Å². The molecule has 0 heterocycles. The quantitative estimate of drug-likeness (QED) is 0.210. The van der Waals surface area contributed by atoms with Gasteiger partial charge < -0.3 is 32.6 Å². The predicted molar refractivity (Wildman–Crippen MR) is 70.5 cm³/mol. The third-order valence-corrected chi connectivity index (χ3v) is 1.41. The SMILES string of the molecule is CC(=O)OC(=O)CN.N.N[C@@H](CCC(=O)O)C(=O)O.[NaH]. The van der Waals surface area contributed by atoms with E-state index in [1.54, 1.807) is 0 Å². The normalized spacial score (nSPS) is 9.55. The van der Waals surface area contributed by atoms with Crippen molar-refractivity contribution in [1.29, 1.82) is 0 Å². The van der Waals surface area contributed by atoms with Crippen LogP contribution in [-0.4, -0.2) is 76.2 Å². The van der Waals surface area contributed by atoms with E-state index in [9.17, 15) is 19.2 Å². The van der Waals surface area contributed by atoms with Crippen LogP contribution in [0.4, 0.5) is 0 Å². The van der Waals surface area contributed by atoms with Crippen LogP contribution in [0.3, 0.4) is 0 Å². The minimum atomic E-state index is -1.17. The van der Waals surface area contributed by atoms with Gasteiger partial charge in [-0.25, -0.2) is 0 Å². The molecule has 1 atom stereocenters. The molecule has 0 saturated heterocycles. The van der Waals surface area contributed by atoms with Crippen LogP contribution in [0.25, 0.3) is 0 Å². The van der Waals surface area contributed by atoms with Crippen LogP contribution in [0.1, 0.15) is 19.8 Å². The second-order valence-corrected chi connectivity index (χ2v) is 3.05. The van der Waals surface area contributed by atoms with Crippen molar-refractivity contribution in [1.82, 2.24) is 6.15 Å². The first-order chi connectivity index (χ1) is 8.20. The molecule has 0 fully saturated rings. The maximum atomic E-state index is 10.1. The summed E-state index contributed by atoms with van der Waals surface area (Å²) in [5, 5.41) is 16.3. The molecule has 20 heavy (non-hydrogen) atoms. The molecule has 9 N–H and O–H groups in total. The summed E-state index contributed by atoms with van der Waals surface area (Å²) >= 11 is 0. The Morgan fingerprint density at radius 1 is 1.20 bits per heavy atom. The second-order valence-electron chi connectivity index (χ2n) is 3.05. The Bertz CT molecular complexity index is 325. The number of rotatable bonds is 5. The van der Waals surface area contributed by atoms with Gasteiger partial charge in [-0.05, 0) is 6.42 Å². The van der Waals surface area contributed by atoms with E-state index < -0.39 is 29.9 Å². The average Bonchev–Trinajstić information content (AvgIpc) is 2.25. The first-order valence-electron chi connectivity index (χ1n) is 4.82. The number of aliphatic carboxylic acids is 2. The van der Waals surface area contributed by atoms with Crippen molar-refractivity contribution in [2.75, 3.05) is 6.54 Å². The van der Waals surface area contributed by atoms with Gasteiger partial charge in [0, 0.05) is 13.3 Å². The molecule has 10 nitrogen and oxygen atoms in total. The third kappa shape index (κ3) is 22.2. The van der Waals surface area contributed by atoms with Gasteiger partial charge in [0.1, 0.15) is 6.04 Å². The molecule has 0 radical (unpaired) electrons. The first kappa shape index (κ1) is 27.3. The summed E-state index contributed by atoms with van der Waals surface area (Å²) in [6.07, 6.45) is -0.224. The van der Waals surface area contributed by atoms with E-state index in [1.807, 2.05) is 0 Å². The zero-order valence-electron chi connectivity index (χ0n) is 10.5. The molecule has 0 saturated carbocycles. The Hall–Kier alpha value is -1.04. The fourth-order valence-electron chi connectivity index (χ4n) is 0.604. The molecule has 114 valence electrons. The molecule has 0 aliphatic heterocycles. The van der Waals surface area contributed by atoms with Gasteiger partial charge in [-0.2, -0.15) is 0 Å². The summed E-state index contributed by atoms with van der Waals surface area (Å²) in [4.78, 5) is 39.8. The van der Waals surface area contributed by atoms with Crippen molar-refractivity contribution in [3.63, 3.8) is 0 Å². The van der Waals surface area contributed by atoms with E-state index in [0.717, 1.165) is 6.92 Å². The van der Waals surface area contributed by atoms with E-state index in [-0.39, 0.29) is 55.1 Å². The van der Waals surface area contributed by atoms with E-state index in [1.165, 1.54) is 0 Å². The van der Waals surface area contributed by atoms with Gasteiger partial charge in [-0.15, -0.1) is 0 Å². The van der Waals surface area contributed by atoms with Crippen molar-refractivity contribution in [2.45, 2.75) is 25.8 Å². The molecule has 0 amide bonds. The first-order valence-corrected chi connectivity index (χ1v) is 4.82. The molecule has 0 aromatic heterocycles. The van der Waals surface area contributed by atoms with Crippen molar-refractivity contribution in [2.24, 2.45) is 11.5 Å². The van der Waals surface area contributed by atoms with Gasteiger partial charge in [0.05, 0.1) is 6.54 Å². The summed E-state index contributed by atoms with van der Waals surface area (Å²) in [6, 6.07) is -1.06. The standard InChI is InChI=1S/C5H9NO4.C4H7NO3.H3N.Na.H/c6-3(5(9)10)1-2-4(7)8;1-3(6)8-4(7)2-5;;;/h3H,1-2,6H2,(H,7,8)(H,9,10);2,5H2,1H3;1H3;;/t3-;;;;/m0..../s1. The molecule has 0 unspecified atom stereocenters. The van der Waals surface area contributed by atoms with Crippen molar-refractivity contribution in [3.8, 4) is 0 Å². The summed E-state index contributed by atoms with van der Waals surface area (Å²) in [5.41, 5.74) is 9.80. The Morgan fingerprint density at radius 2 is 1.65 bits per heavy atom. The molecular formula is C9H20N3NaO7.